The Balaban J connectivity index is 1.65. The van der Waals surface area contributed by atoms with Crippen LogP contribution in [-0.4, -0.2) is 35.8 Å². The van der Waals surface area contributed by atoms with Crippen LogP contribution in [0.4, 0.5) is 11.5 Å². The number of anilines is 2. The molecule has 4 rings (SSSR count). The van der Waals surface area contributed by atoms with Crippen molar-refractivity contribution >= 4 is 52.0 Å². The Labute approximate surface area is 212 Å². The lowest BCUT2D eigenvalue weighted by Gasteiger charge is -2.33. The Morgan fingerprint density at radius 1 is 1.15 bits per heavy atom. The number of hydrogen-bond donors (Lipinski definition) is 4. The fourth-order valence-corrected chi connectivity index (χ4v) is 4.49. The molecule has 1 fully saturated rings. The van der Waals surface area contributed by atoms with Gasteiger partial charge in [0.25, 0.3) is 0 Å². The molecule has 34 heavy (non-hydrogen) atoms. The number of benzene rings is 1. The Kier molecular flexibility index (Phi) is 7.45. The number of halogens is 3. The van der Waals surface area contributed by atoms with Gasteiger partial charge in [-0.05, 0) is 31.7 Å². The summed E-state index contributed by atoms with van der Waals surface area (Å²) in [5, 5.41) is 12.8. The smallest absolute Gasteiger partial charge is 0.177 e. The minimum Gasteiger partial charge on any atom is -0.470 e. The molecule has 3 aromatic rings. The van der Waals surface area contributed by atoms with Crippen LogP contribution in [0.1, 0.15) is 34.9 Å². The SMILES string of the molecule is CNCc1cc(C(=N)c2cc(O[C@H](N)c3c(Cl)cncc3Cl)c(Cl)cc2N)cnc1N1CCC1. The Bertz CT molecular complexity index is 1210. The van der Waals surface area contributed by atoms with Gasteiger partial charge in [0.1, 0.15) is 11.6 Å². The van der Waals surface area contributed by atoms with Crippen molar-refractivity contribution in [1.29, 1.82) is 5.41 Å². The molecule has 178 valence electrons. The van der Waals surface area contributed by atoms with E-state index in [0.717, 1.165) is 30.9 Å². The van der Waals surface area contributed by atoms with Crippen molar-refractivity contribution in [2.45, 2.75) is 19.2 Å². The molecule has 8 nitrogen and oxygen atoms in total. The molecule has 3 heterocycles. The summed E-state index contributed by atoms with van der Waals surface area (Å²) in [7, 11) is 1.88. The summed E-state index contributed by atoms with van der Waals surface area (Å²) in [6, 6.07) is 5.07. The second-order valence-electron chi connectivity index (χ2n) is 7.88. The van der Waals surface area contributed by atoms with Crippen molar-refractivity contribution < 1.29 is 4.74 Å². The first kappa shape index (κ1) is 24.5. The summed E-state index contributed by atoms with van der Waals surface area (Å²) in [6.07, 6.45) is 4.69. The monoisotopic (exact) mass is 519 g/mol. The van der Waals surface area contributed by atoms with Crippen molar-refractivity contribution in [3.8, 4) is 5.75 Å². The van der Waals surface area contributed by atoms with Crippen LogP contribution in [-0.2, 0) is 6.54 Å². The van der Waals surface area contributed by atoms with Gasteiger partial charge in [-0.15, -0.1) is 0 Å². The molecule has 0 radical (unpaired) electrons. The minimum absolute atomic E-state index is 0.188. The third kappa shape index (κ3) is 4.92. The molecular weight excluding hydrogens is 497 g/mol. The maximum atomic E-state index is 8.82. The Hall–Kier alpha value is -2.62. The van der Waals surface area contributed by atoms with E-state index in [-0.39, 0.29) is 26.5 Å². The van der Waals surface area contributed by atoms with Gasteiger partial charge >= 0.3 is 0 Å². The molecule has 0 aliphatic carbocycles. The Morgan fingerprint density at radius 2 is 1.85 bits per heavy atom. The van der Waals surface area contributed by atoms with Crippen molar-refractivity contribution in [2.75, 3.05) is 30.8 Å². The first-order chi connectivity index (χ1) is 16.3. The number of pyridine rings is 2. The van der Waals surface area contributed by atoms with E-state index in [0.29, 0.717) is 28.9 Å². The highest BCUT2D eigenvalue weighted by Crippen LogP contribution is 2.36. The highest BCUT2D eigenvalue weighted by molar-refractivity contribution is 6.36. The molecule has 11 heteroatoms. The number of nitrogens with one attached hydrogen (secondary N) is 2. The summed E-state index contributed by atoms with van der Waals surface area (Å²) in [5.74, 6) is 1.18. The number of rotatable bonds is 8. The fraction of sp³-hybridized carbons (Fsp3) is 0.261. The van der Waals surface area contributed by atoms with E-state index >= 15 is 0 Å². The number of nitrogens with zero attached hydrogens (tertiary/aromatic N) is 3. The largest absolute Gasteiger partial charge is 0.470 e. The zero-order valence-corrected chi connectivity index (χ0v) is 20.7. The maximum Gasteiger partial charge on any atom is 0.177 e. The molecule has 0 bridgehead atoms. The second-order valence-corrected chi connectivity index (χ2v) is 9.10. The molecule has 1 aliphatic heterocycles. The molecule has 1 saturated heterocycles. The van der Waals surface area contributed by atoms with Crippen LogP contribution in [0, 0.1) is 5.41 Å². The molecule has 0 spiro atoms. The topological polar surface area (TPSA) is 126 Å². The van der Waals surface area contributed by atoms with Gasteiger partial charge in [-0.25, -0.2) is 4.98 Å². The van der Waals surface area contributed by atoms with Gasteiger partial charge in [0.15, 0.2) is 6.23 Å². The van der Waals surface area contributed by atoms with Crippen molar-refractivity contribution in [2.24, 2.45) is 5.73 Å². The lowest BCUT2D eigenvalue weighted by Crippen LogP contribution is -2.38. The summed E-state index contributed by atoms with van der Waals surface area (Å²) in [5.41, 5.74) is 15.4. The van der Waals surface area contributed by atoms with Gasteiger partial charge < -0.3 is 20.7 Å². The van der Waals surface area contributed by atoms with E-state index in [1.54, 1.807) is 12.3 Å². The zero-order chi connectivity index (χ0) is 24.4. The van der Waals surface area contributed by atoms with Gasteiger partial charge in [0.2, 0.25) is 0 Å². The highest BCUT2D eigenvalue weighted by atomic mass is 35.5. The van der Waals surface area contributed by atoms with Crippen LogP contribution < -0.4 is 26.4 Å². The van der Waals surface area contributed by atoms with Gasteiger partial charge in [0, 0.05) is 66.2 Å². The number of nitrogens with two attached hydrogens (primary N) is 2. The van der Waals surface area contributed by atoms with Crippen LogP contribution in [0.15, 0.2) is 36.8 Å². The molecular formula is C23H24Cl3N7O. The van der Waals surface area contributed by atoms with Crippen LogP contribution in [0.3, 0.4) is 0 Å². The van der Waals surface area contributed by atoms with Gasteiger partial charge in [-0.1, -0.05) is 34.8 Å². The minimum atomic E-state index is -1.01. The molecule has 1 atom stereocenters. The number of nitrogen functional groups attached to an aromatic ring is 1. The summed E-state index contributed by atoms with van der Waals surface area (Å²) < 4.78 is 5.87. The van der Waals surface area contributed by atoms with E-state index in [4.69, 9.17) is 56.4 Å². The average molecular weight is 521 g/mol. The molecule has 1 aliphatic rings. The average Bonchev–Trinajstić information content (AvgIpc) is 2.75. The van der Waals surface area contributed by atoms with Crippen molar-refractivity contribution in [3.63, 3.8) is 0 Å². The first-order valence-electron chi connectivity index (χ1n) is 10.6. The van der Waals surface area contributed by atoms with Crippen molar-refractivity contribution in [3.05, 3.63) is 74.1 Å². The first-order valence-corrected chi connectivity index (χ1v) is 11.7. The normalized spacial score (nSPS) is 14.0. The zero-order valence-electron chi connectivity index (χ0n) is 18.4. The molecule has 0 unspecified atom stereocenters. The van der Waals surface area contributed by atoms with Crippen LogP contribution in [0.5, 0.6) is 5.75 Å². The number of hydrogen-bond acceptors (Lipinski definition) is 8. The third-order valence-corrected chi connectivity index (χ3v) is 6.45. The molecule has 0 saturated carbocycles. The summed E-state index contributed by atoms with van der Waals surface area (Å²) >= 11 is 18.8. The lowest BCUT2D eigenvalue weighted by molar-refractivity contribution is 0.214. The van der Waals surface area contributed by atoms with Crippen LogP contribution in [0.25, 0.3) is 0 Å². The van der Waals surface area contributed by atoms with E-state index in [1.165, 1.54) is 18.5 Å². The predicted octanol–water partition coefficient (Wildman–Crippen LogP) is 4.40. The fourth-order valence-electron chi connectivity index (χ4n) is 3.69. The van der Waals surface area contributed by atoms with E-state index in [1.807, 2.05) is 13.1 Å². The quantitative estimate of drug-likeness (QED) is 0.197. The summed E-state index contributed by atoms with van der Waals surface area (Å²) in [6.45, 7) is 2.60. The molecule has 2 aromatic heterocycles. The second kappa shape index (κ2) is 10.3. The maximum absolute atomic E-state index is 8.82. The summed E-state index contributed by atoms with van der Waals surface area (Å²) in [4.78, 5) is 10.8. The lowest BCUT2D eigenvalue weighted by atomic mass is 10.00. The predicted molar refractivity (Wildman–Crippen MR) is 137 cm³/mol. The van der Waals surface area contributed by atoms with Gasteiger partial charge in [0.05, 0.1) is 20.8 Å². The number of ether oxygens (including phenoxy) is 1. The standard InChI is InChI=1S/C23H24Cl3N7O/c1-30-8-13-5-12(9-32-23(13)33-3-2-4-33)21(28)14-6-19(15(24)7-18(14)27)34-22(29)20-16(25)10-31-11-17(20)26/h5-7,9-11,22,28,30H,2-4,8,27,29H2,1H3/t22-/m0/s1. The van der Waals surface area contributed by atoms with Gasteiger partial charge in [-0.3, -0.25) is 16.1 Å². The van der Waals surface area contributed by atoms with Gasteiger partial charge in [-0.2, -0.15) is 0 Å². The van der Waals surface area contributed by atoms with Crippen LogP contribution in [0.2, 0.25) is 15.1 Å². The van der Waals surface area contributed by atoms with Crippen molar-refractivity contribution in [1.82, 2.24) is 15.3 Å². The third-order valence-electron chi connectivity index (χ3n) is 5.56. The molecule has 6 N–H and O–H groups in total. The van der Waals surface area contributed by atoms with E-state index in [2.05, 4.69) is 20.2 Å². The molecule has 1 aromatic carbocycles. The van der Waals surface area contributed by atoms with E-state index in [9.17, 15) is 0 Å². The molecule has 0 amide bonds. The highest BCUT2D eigenvalue weighted by Gasteiger charge is 2.22. The van der Waals surface area contributed by atoms with E-state index < -0.39 is 6.23 Å². The number of aromatic nitrogens is 2. The van der Waals surface area contributed by atoms with Crippen LogP contribution >= 0.6 is 34.8 Å². The Morgan fingerprint density at radius 3 is 2.47 bits per heavy atom.